The Morgan fingerprint density at radius 1 is 1.12 bits per heavy atom. The number of aryl methyl sites for hydroxylation is 1. The zero-order chi connectivity index (χ0) is 18.7. The minimum Gasteiger partial charge on any atom is -0.485 e. The van der Waals surface area contributed by atoms with E-state index in [0.29, 0.717) is 33.6 Å². The summed E-state index contributed by atoms with van der Waals surface area (Å²) in [4.78, 5) is 24.4. The van der Waals surface area contributed by atoms with E-state index in [9.17, 15) is 9.59 Å². The summed E-state index contributed by atoms with van der Waals surface area (Å²) in [5.41, 5.74) is 1.52. The van der Waals surface area contributed by atoms with Crippen molar-refractivity contribution in [2.24, 2.45) is 0 Å². The molecule has 26 heavy (non-hydrogen) atoms. The highest BCUT2D eigenvalue weighted by atomic mass is 79.9. The molecule has 134 valence electrons. The predicted molar refractivity (Wildman–Crippen MR) is 101 cm³/mol. The molecule has 0 N–H and O–H groups in total. The number of halogens is 1. The molecule has 0 unspecified atom stereocenters. The fraction of sp³-hybridized carbons (Fsp3) is 0.200. The van der Waals surface area contributed by atoms with Crippen molar-refractivity contribution in [2.75, 3.05) is 13.2 Å². The first-order valence-corrected chi connectivity index (χ1v) is 8.90. The minimum absolute atomic E-state index is 0.0985. The summed E-state index contributed by atoms with van der Waals surface area (Å²) in [5, 5.41) is 0.606. The van der Waals surface area contributed by atoms with E-state index in [1.165, 1.54) is 0 Å². The van der Waals surface area contributed by atoms with Crippen LogP contribution in [0.15, 0.2) is 51.4 Å². The van der Waals surface area contributed by atoms with Gasteiger partial charge in [0.1, 0.15) is 22.7 Å². The molecular weight excluding hydrogens is 400 g/mol. The highest BCUT2D eigenvalue weighted by molar-refractivity contribution is 9.10. The Kier molecular flexibility index (Phi) is 5.42. The molecule has 3 rings (SSSR count). The molecule has 1 aromatic heterocycles. The van der Waals surface area contributed by atoms with Gasteiger partial charge in [-0.1, -0.05) is 28.1 Å². The van der Waals surface area contributed by atoms with Crippen LogP contribution in [0.1, 0.15) is 33.4 Å². The van der Waals surface area contributed by atoms with Crippen molar-refractivity contribution in [1.82, 2.24) is 0 Å². The van der Waals surface area contributed by atoms with Crippen molar-refractivity contribution in [3.63, 3.8) is 0 Å². The van der Waals surface area contributed by atoms with Crippen LogP contribution in [0.5, 0.6) is 5.75 Å². The summed E-state index contributed by atoms with van der Waals surface area (Å²) in [6.07, 6.45) is 0. The number of ketones is 1. The Hall–Kier alpha value is -2.60. The molecule has 0 atom stereocenters. The van der Waals surface area contributed by atoms with Gasteiger partial charge in [0.25, 0.3) is 0 Å². The SMILES string of the molecule is CCOC(=O)c1c(C)oc2ccc(OCC(=O)c3ccc(Br)cc3)cc12. The second-order valence-electron chi connectivity index (χ2n) is 5.63. The average molecular weight is 417 g/mol. The molecule has 5 nitrogen and oxygen atoms in total. The standard InChI is InChI=1S/C20H17BrO5/c1-3-24-20(23)19-12(2)26-18-9-8-15(10-16(18)19)25-11-17(22)13-4-6-14(21)7-5-13/h4-10H,3,11H2,1-2H3. The molecule has 0 fully saturated rings. The number of benzene rings is 2. The van der Waals surface area contributed by atoms with Crippen molar-refractivity contribution >= 4 is 38.7 Å². The van der Waals surface area contributed by atoms with E-state index in [1.54, 1.807) is 56.3 Å². The van der Waals surface area contributed by atoms with Crippen LogP contribution in [-0.4, -0.2) is 25.0 Å². The van der Waals surface area contributed by atoms with Gasteiger partial charge < -0.3 is 13.9 Å². The number of carbonyl (C=O) groups excluding carboxylic acids is 2. The molecule has 0 aliphatic heterocycles. The van der Waals surface area contributed by atoms with Gasteiger partial charge in [-0.15, -0.1) is 0 Å². The lowest BCUT2D eigenvalue weighted by atomic mass is 10.1. The van der Waals surface area contributed by atoms with Crippen molar-refractivity contribution in [2.45, 2.75) is 13.8 Å². The highest BCUT2D eigenvalue weighted by Crippen LogP contribution is 2.29. The van der Waals surface area contributed by atoms with Gasteiger partial charge >= 0.3 is 5.97 Å². The van der Waals surface area contributed by atoms with E-state index in [4.69, 9.17) is 13.9 Å². The van der Waals surface area contributed by atoms with Gasteiger partial charge in [0, 0.05) is 15.4 Å². The zero-order valence-electron chi connectivity index (χ0n) is 14.4. The molecular formula is C20H17BrO5. The van der Waals surface area contributed by atoms with Crippen LogP contribution < -0.4 is 4.74 Å². The molecule has 0 aliphatic carbocycles. The van der Waals surface area contributed by atoms with Crippen molar-refractivity contribution in [3.05, 3.63) is 63.8 Å². The van der Waals surface area contributed by atoms with E-state index < -0.39 is 5.97 Å². The summed E-state index contributed by atoms with van der Waals surface area (Å²) in [5.74, 6) is 0.397. The summed E-state index contributed by atoms with van der Waals surface area (Å²) in [6.45, 7) is 3.64. The lowest BCUT2D eigenvalue weighted by Gasteiger charge is -2.06. The zero-order valence-corrected chi connectivity index (χ0v) is 16.0. The highest BCUT2D eigenvalue weighted by Gasteiger charge is 2.20. The van der Waals surface area contributed by atoms with Gasteiger partial charge in [-0.2, -0.15) is 0 Å². The van der Waals surface area contributed by atoms with Crippen LogP contribution in [0.25, 0.3) is 11.0 Å². The number of hydrogen-bond acceptors (Lipinski definition) is 5. The van der Waals surface area contributed by atoms with Crippen LogP contribution in [0.4, 0.5) is 0 Å². The van der Waals surface area contributed by atoms with E-state index in [2.05, 4.69) is 15.9 Å². The molecule has 2 aromatic carbocycles. The molecule has 0 aliphatic rings. The number of fused-ring (bicyclic) bond motifs is 1. The third-order valence-electron chi connectivity index (χ3n) is 3.85. The van der Waals surface area contributed by atoms with Gasteiger partial charge in [0.2, 0.25) is 0 Å². The van der Waals surface area contributed by atoms with Gasteiger partial charge in [0.15, 0.2) is 12.4 Å². The molecule has 6 heteroatoms. The molecule has 0 spiro atoms. The molecule has 0 saturated heterocycles. The number of Topliss-reactive ketones (excluding diaryl/α,β-unsaturated/α-hetero) is 1. The molecule has 0 bridgehead atoms. The Bertz CT molecular complexity index is 956. The summed E-state index contributed by atoms with van der Waals surface area (Å²) >= 11 is 3.34. The Morgan fingerprint density at radius 2 is 1.85 bits per heavy atom. The smallest absolute Gasteiger partial charge is 0.342 e. The van der Waals surface area contributed by atoms with E-state index >= 15 is 0 Å². The second-order valence-corrected chi connectivity index (χ2v) is 6.55. The first kappa shape index (κ1) is 18.2. The number of esters is 1. The first-order chi connectivity index (χ1) is 12.5. The normalized spacial score (nSPS) is 10.7. The number of ether oxygens (including phenoxy) is 2. The van der Waals surface area contributed by atoms with Crippen molar-refractivity contribution in [3.8, 4) is 5.75 Å². The monoisotopic (exact) mass is 416 g/mol. The van der Waals surface area contributed by atoms with Gasteiger partial charge in [-0.25, -0.2) is 4.79 Å². The number of carbonyl (C=O) groups is 2. The number of furan rings is 1. The van der Waals surface area contributed by atoms with Crippen LogP contribution in [0.2, 0.25) is 0 Å². The molecule has 0 amide bonds. The molecule has 0 radical (unpaired) electrons. The van der Waals surface area contributed by atoms with Crippen LogP contribution >= 0.6 is 15.9 Å². The van der Waals surface area contributed by atoms with E-state index in [-0.39, 0.29) is 19.0 Å². The molecule has 0 saturated carbocycles. The fourth-order valence-corrected chi connectivity index (χ4v) is 2.88. The van der Waals surface area contributed by atoms with E-state index in [0.717, 1.165) is 4.47 Å². The lowest BCUT2D eigenvalue weighted by molar-refractivity contribution is 0.0526. The van der Waals surface area contributed by atoms with Gasteiger partial charge in [0.05, 0.1) is 6.61 Å². The predicted octanol–water partition coefficient (Wildman–Crippen LogP) is 4.94. The average Bonchev–Trinajstić information content (AvgIpc) is 2.95. The fourth-order valence-electron chi connectivity index (χ4n) is 2.61. The quantitative estimate of drug-likeness (QED) is 0.420. The maximum absolute atomic E-state index is 12.2. The molecule has 3 aromatic rings. The second kappa shape index (κ2) is 7.74. The van der Waals surface area contributed by atoms with Crippen molar-refractivity contribution in [1.29, 1.82) is 0 Å². The number of rotatable bonds is 6. The molecule has 1 heterocycles. The topological polar surface area (TPSA) is 65.7 Å². The van der Waals surface area contributed by atoms with Crippen molar-refractivity contribution < 1.29 is 23.5 Å². The maximum Gasteiger partial charge on any atom is 0.342 e. The number of hydrogen-bond donors (Lipinski definition) is 0. The maximum atomic E-state index is 12.2. The lowest BCUT2D eigenvalue weighted by Crippen LogP contribution is -2.11. The van der Waals surface area contributed by atoms with Gasteiger partial charge in [-0.05, 0) is 44.2 Å². The Balaban J connectivity index is 1.80. The Morgan fingerprint density at radius 3 is 2.54 bits per heavy atom. The van der Waals surface area contributed by atoms with Gasteiger partial charge in [-0.3, -0.25) is 4.79 Å². The third kappa shape index (κ3) is 3.80. The van der Waals surface area contributed by atoms with Crippen LogP contribution in [0.3, 0.4) is 0 Å². The Labute approximate surface area is 159 Å². The van der Waals surface area contributed by atoms with Crippen LogP contribution in [-0.2, 0) is 4.74 Å². The minimum atomic E-state index is -0.438. The summed E-state index contributed by atoms with van der Waals surface area (Å²) < 4.78 is 17.2. The third-order valence-corrected chi connectivity index (χ3v) is 4.38. The first-order valence-electron chi connectivity index (χ1n) is 8.11. The summed E-state index contributed by atoms with van der Waals surface area (Å²) in [6, 6.07) is 12.2. The van der Waals surface area contributed by atoms with Crippen LogP contribution in [0, 0.1) is 6.92 Å². The largest absolute Gasteiger partial charge is 0.485 e. The van der Waals surface area contributed by atoms with E-state index in [1.807, 2.05) is 0 Å². The summed E-state index contributed by atoms with van der Waals surface area (Å²) in [7, 11) is 0.